The van der Waals surface area contributed by atoms with Gasteiger partial charge in [0.25, 0.3) is 5.56 Å². The van der Waals surface area contributed by atoms with Crippen molar-refractivity contribution in [1.82, 2.24) is 14.9 Å². The van der Waals surface area contributed by atoms with E-state index in [1.165, 1.54) is 17.4 Å². The number of carbonyl (C=O) groups is 2. The average Bonchev–Trinajstić information content (AvgIpc) is 3.42. The predicted molar refractivity (Wildman–Crippen MR) is 141 cm³/mol. The van der Waals surface area contributed by atoms with Gasteiger partial charge in [0.15, 0.2) is 0 Å². The summed E-state index contributed by atoms with van der Waals surface area (Å²) in [6.45, 7) is 4.15. The smallest absolute Gasteiger partial charge is 0.328 e. The Balaban J connectivity index is 1.42. The highest BCUT2D eigenvalue weighted by atomic mass is 16.2. The van der Waals surface area contributed by atoms with Gasteiger partial charge >= 0.3 is 5.69 Å². The fourth-order valence-corrected chi connectivity index (χ4v) is 4.61. The third kappa shape index (κ3) is 6.02. The van der Waals surface area contributed by atoms with Gasteiger partial charge in [-0.05, 0) is 49.6 Å². The molecule has 1 fully saturated rings. The second-order valence-corrected chi connectivity index (χ2v) is 9.17. The minimum atomic E-state index is -0.683. The molecule has 0 radical (unpaired) electrons. The topological polar surface area (TPSA) is 116 Å². The molecule has 1 aliphatic rings. The second kappa shape index (κ2) is 11.7. The Morgan fingerprint density at radius 2 is 1.83 bits per heavy atom. The van der Waals surface area contributed by atoms with Crippen LogP contribution in [0.3, 0.4) is 0 Å². The summed E-state index contributed by atoms with van der Waals surface area (Å²) >= 11 is 0. The summed E-state index contributed by atoms with van der Waals surface area (Å²) in [5.74, 6) is -0.596. The number of benzene rings is 2. The van der Waals surface area contributed by atoms with Crippen LogP contribution in [0.5, 0.6) is 0 Å². The number of unbranched alkanes of at least 4 members (excludes halogenated alkanes) is 1. The van der Waals surface area contributed by atoms with Crippen LogP contribution in [0.25, 0.3) is 10.9 Å². The van der Waals surface area contributed by atoms with Gasteiger partial charge in [-0.1, -0.05) is 38.0 Å². The molecule has 0 spiro atoms. The van der Waals surface area contributed by atoms with E-state index in [-0.39, 0.29) is 24.8 Å². The number of fused-ring (bicyclic) bond motifs is 1. The van der Waals surface area contributed by atoms with Crippen molar-refractivity contribution in [2.45, 2.75) is 58.0 Å². The molecule has 0 aliphatic carbocycles. The van der Waals surface area contributed by atoms with Gasteiger partial charge in [-0.2, -0.15) is 0 Å². The number of aromatic amines is 1. The Labute approximate surface area is 209 Å². The van der Waals surface area contributed by atoms with Crippen molar-refractivity contribution in [2.24, 2.45) is 0 Å². The van der Waals surface area contributed by atoms with Gasteiger partial charge in [0.1, 0.15) is 6.04 Å². The van der Waals surface area contributed by atoms with Crippen molar-refractivity contribution in [2.75, 3.05) is 23.3 Å². The Kier molecular flexibility index (Phi) is 8.20. The summed E-state index contributed by atoms with van der Waals surface area (Å²) in [5.41, 5.74) is 1.23. The number of rotatable bonds is 10. The van der Waals surface area contributed by atoms with Crippen LogP contribution >= 0.6 is 0 Å². The molecule has 36 heavy (non-hydrogen) atoms. The molecular weight excluding hydrogens is 458 g/mol. The van der Waals surface area contributed by atoms with Crippen molar-refractivity contribution in [3.63, 3.8) is 0 Å². The quantitative estimate of drug-likeness (QED) is 0.403. The number of aromatic nitrogens is 2. The maximum absolute atomic E-state index is 13.1. The number of anilines is 2. The molecule has 0 unspecified atom stereocenters. The average molecular weight is 492 g/mol. The highest BCUT2D eigenvalue weighted by Gasteiger charge is 2.21. The first kappa shape index (κ1) is 25.2. The normalized spacial score (nSPS) is 14.1. The summed E-state index contributed by atoms with van der Waals surface area (Å²) in [7, 11) is 0. The van der Waals surface area contributed by atoms with Crippen molar-refractivity contribution in [1.29, 1.82) is 0 Å². The lowest BCUT2D eigenvalue weighted by molar-refractivity contribution is -0.126. The van der Waals surface area contributed by atoms with Crippen LogP contribution in [0.15, 0.2) is 58.1 Å². The van der Waals surface area contributed by atoms with Gasteiger partial charge in [-0.3, -0.25) is 23.9 Å². The number of hydrogen-bond acceptors (Lipinski definition) is 5. The zero-order valence-corrected chi connectivity index (χ0v) is 20.6. The Morgan fingerprint density at radius 1 is 1.06 bits per heavy atom. The predicted octanol–water partition coefficient (Wildman–Crippen LogP) is 2.99. The summed E-state index contributed by atoms with van der Waals surface area (Å²) in [6, 6.07) is 13.9. The second-order valence-electron chi connectivity index (χ2n) is 9.17. The minimum Gasteiger partial charge on any atom is -0.371 e. The van der Waals surface area contributed by atoms with Gasteiger partial charge in [0.05, 0.1) is 10.9 Å². The molecule has 0 bridgehead atoms. The Hall–Kier alpha value is -3.88. The van der Waals surface area contributed by atoms with Crippen LogP contribution < -0.4 is 26.8 Å². The fourth-order valence-electron chi connectivity index (χ4n) is 4.61. The van der Waals surface area contributed by atoms with Gasteiger partial charge in [0, 0.05) is 37.4 Å². The minimum absolute atomic E-state index is 0.00368. The molecule has 4 rings (SSSR count). The number of carbonyl (C=O) groups excluding carboxylic acids is 2. The maximum atomic E-state index is 13.1. The molecule has 0 saturated carbocycles. The molecule has 1 saturated heterocycles. The lowest BCUT2D eigenvalue weighted by Gasteiger charge is -2.21. The molecule has 3 aromatic rings. The van der Waals surface area contributed by atoms with E-state index in [1.807, 2.05) is 31.2 Å². The summed E-state index contributed by atoms with van der Waals surface area (Å²) < 4.78 is 1.38. The molecule has 1 atom stereocenters. The standard InChI is InChI=1S/C27H33N5O4/c1-2-3-12-22(26(35)28-19-9-8-10-20(18-19)31-15-6-7-16-31)29-24(33)14-17-32-23-13-5-4-11-21(23)25(34)30-27(32)36/h4-5,8-11,13,18,22H,2-3,6-7,12,14-17H2,1H3,(H,28,35)(H,29,33)(H,30,34,36)/t22-/m0/s1. The van der Waals surface area contributed by atoms with Crippen molar-refractivity contribution in [3.8, 4) is 0 Å². The number of aryl methyl sites for hydroxylation is 1. The molecule has 9 heteroatoms. The van der Waals surface area contributed by atoms with Crippen molar-refractivity contribution < 1.29 is 9.59 Å². The fraction of sp³-hybridized carbons (Fsp3) is 0.407. The molecule has 2 amide bonds. The highest BCUT2D eigenvalue weighted by molar-refractivity contribution is 5.97. The first-order valence-electron chi connectivity index (χ1n) is 12.6. The lowest BCUT2D eigenvalue weighted by Crippen LogP contribution is -2.44. The Morgan fingerprint density at radius 3 is 2.61 bits per heavy atom. The van der Waals surface area contributed by atoms with Crippen LogP contribution in [0.2, 0.25) is 0 Å². The van der Waals surface area contributed by atoms with Gasteiger partial charge in [0.2, 0.25) is 11.8 Å². The van der Waals surface area contributed by atoms with Gasteiger partial charge in [-0.25, -0.2) is 4.79 Å². The zero-order chi connectivity index (χ0) is 25.5. The van der Waals surface area contributed by atoms with E-state index in [1.54, 1.807) is 24.3 Å². The van der Waals surface area contributed by atoms with Gasteiger partial charge < -0.3 is 15.5 Å². The summed E-state index contributed by atoms with van der Waals surface area (Å²) in [6.07, 6.45) is 4.53. The number of H-pyrrole nitrogens is 1. The van der Waals surface area contributed by atoms with Crippen molar-refractivity contribution >= 4 is 34.1 Å². The van der Waals surface area contributed by atoms with Crippen LogP contribution in [0.4, 0.5) is 11.4 Å². The van der Waals surface area contributed by atoms with Crippen LogP contribution in [-0.2, 0) is 16.1 Å². The maximum Gasteiger partial charge on any atom is 0.328 e. The van der Waals surface area contributed by atoms with Crippen molar-refractivity contribution in [3.05, 3.63) is 69.4 Å². The zero-order valence-electron chi connectivity index (χ0n) is 20.6. The number of nitrogens with one attached hydrogen (secondary N) is 3. The third-order valence-corrected chi connectivity index (χ3v) is 6.55. The molecule has 2 aromatic carbocycles. The molecular formula is C27H33N5O4. The number of para-hydroxylation sites is 1. The van der Waals surface area contributed by atoms with E-state index in [0.717, 1.165) is 31.6 Å². The molecule has 2 heterocycles. The molecule has 9 nitrogen and oxygen atoms in total. The summed E-state index contributed by atoms with van der Waals surface area (Å²) in [5, 5.41) is 6.18. The summed E-state index contributed by atoms with van der Waals surface area (Å²) in [4.78, 5) is 54.9. The SMILES string of the molecule is CCCC[C@H](NC(=O)CCn1c(=O)[nH]c(=O)c2ccccc21)C(=O)Nc1cccc(N2CCCC2)c1. The first-order chi connectivity index (χ1) is 17.5. The van der Waals surface area contributed by atoms with Gasteiger partial charge in [-0.15, -0.1) is 0 Å². The third-order valence-electron chi connectivity index (χ3n) is 6.55. The monoisotopic (exact) mass is 491 g/mol. The lowest BCUT2D eigenvalue weighted by atomic mass is 10.1. The highest BCUT2D eigenvalue weighted by Crippen LogP contribution is 2.23. The van der Waals surface area contributed by atoms with E-state index in [9.17, 15) is 19.2 Å². The molecule has 1 aliphatic heterocycles. The van der Waals surface area contributed by atoms with E-state index in [0.29, 0.717) is 23.0 Å². The number of hydrogen-bond donors (Lipinski definition) is 3. The van der Waals surface area contributed by atoms with Crippen LogP contribution in [0.1, 0.15) is 45.4 Å². The number of amides is 2. The molecule has 1 aromatic heterocycles. The van der Waals surface area contributed by atoms with E-state index in [4.69, 9.17) is 0 Å². The van der Waals surface area contributed by atoms with E-state index < -0.39 is 17.3 Å². The van der Waals surface area contributed by atoms with Crippen LogP contribution in [-0.4, -0.2) is 40.5 Å². The van der Waals surface area contributed by atoms with E-state index in [2.05, 4.69) is 20.5 Å². The molecule has 3 N–H and O–H groups in total. The van der Waals surface area contributed by atoms with E-state index >= 15 is 0 Å². The first-order valence-corrected chi connectivity index (χ1v) is 12.6. The number of nitrogens with zero attached hydrogens (tertiary/aromatic N) is 2. The largest absolute Gasteiger partial charge is 0.371 e. The molecule has 190 valence electrons. The Bertz CT molecular complexity index is 1340. The van der Waals surface area contributed by atoms with Crippen LogP contribution in [0, 0.1) is 0 Å².